The van der Waals surface area contributed by atoms with E-state index in [0.29, 0.717) is 4.91 Å². The number of nitrogens with zero attached hydrogens (tertiary/aromatic N) is 2. The third-order valence-electron chi connectivity index (χ3n) is 2.95. The van der Waals surface area contributed by atoms with Gasteiger partial charge in [0.05, 0.1) is 4.91 Å². The molecule has 0 aromatic rings. The van der Waals surface area contributed by atoms with Gasteiger partial charge in [0.25, 0.3) is 0 Å². The summed E-state index contributed by atoms with van der Waals surface area (Å²) in [5.74, 6) is 0.119. The number of hydrogen-bond acceptors (Lipinski definition) is 4. The summed E-state index contributed by atoms with van der Waals surface area (Å²) in [6.07, 6.45) is 2.40. The predicted molar refractivity (Wildman–Crippen MR) is 63.6 cm³/mol. The van der Waals surface area contributed by atoms with Crippen molar-refractivity contribution in [3.05, 3.63) is 11.1 Å². The van der Waals surface area contributed by atoms with Gasteiger partial charge in [0.2, 0.25) is 13.8 Å². The standard InChI is InChI=1S/C9H13BrN2O2S/c1-2-12-4-3-7(6-12)8-5-11-9(10)15(8,13)14/h5,7H,2-4,6H2,1H3. The van der Waals surface area contributed by atoms with Crippen LogP contribution in [-0.4, -0.2) is 36.9 Å². The number of hydrogen-bond donors (Lipinski definition) is 0. The maximum Gasteiger partial charge on any atom is 0.228 e. The number of aliphatic imine (C=N–C) groups is 1. The Kier molecular flexibility index (Phi) is 3.00. The minimum atomic E-state index is -3.28. The van der Waals surface area contributed by atoms with Gasteiger partial charge in [0.15, 0.2) is 0 Å². The molecule has 0 bridgehead atoms. The lowest BCUT2D eigenvalue weighted by molar-refractivity contribution is 0.350. The first-order valence-electron chi connectivity index (χ1n) is 4.96. The zero-order chi connectivity index (χ0) is 11.1. The van der Waals surface area contributed by atoms with Crippen LogP contribution >= 0.6 is 15.9 Å². The maximum atomic E-state index is 11.8. The van der Waals surface area contributed by atoms with Crippen molar-refractivity contribution in [2.75, 3.05) is 19.6 Å². The molecule has 0 spiro atoms. The van der Waals surface area contributed by atoms with Crippen molar-refractivity contribution in [2.45, 2.75) is 13.3 Å². The van der Waals surface area contributed by atoms with E-state index in [-0.39, 0.29) is 9.87 Å². The lowest BCUT2D eigenvalue weighted by Crippen LogP contribution is -2.22. The van der Waals surface area contributed by atoms with Gasteiger partial charge in [-0.15, -0.1) is 0 Å². The van der Waals surface area contributed by atoms with Crippen molar-refractivity contribution in [3.8, 4) is 0 Å². The Morgan fingerprint density at radius 1 is 1.67 bits per heavy atom. The monoisotopic (exact) mass is 292 g/mol. The molecule has 2 rings (SSSR count). The zero-order valence-corrected chi connectivity index (χ0v) is 10.9. The minimum Gasteiger partial charge on any atom is -0.303 e. The number of likely N-dealkylation sites (tertiary alicyclic amines) is 1. The van der Waals surface area contributed by atoms with Crippen molar-refractivity contribution in [2.24, 2.45) is 10.9 Å². The summed E-state index contributed by atoms with van der Waals surface area (Å²) in [4.78, 5) is 6.56. The van der Waals surface area contributed by atoms with Crippen LogP contribution in [0.3, 0.4) is 0 Å². The highest BCUT2D eigenvalue weighted by atomic mass is 79.9. The molecular formula is C9H13BrN2O2S. The second-order valence-electron chi connectivity index (χ2n) is 3.80. The van der Waals surface area contributed by atoms with Gasteiger partial charge in [0, 0.05) is 18.7 Å². The van der Waals surface area contributed by atoms with E-state index in [1.807, 2.05) is 0 Å². The first-order chi connectivity index (χ1) is 7.05. The Labute approximate surface area is 98.1 Å². The van der Waals surface area contributed by atoms with Crippen LogP contribution in [0.5, 0.6) is 0 Å². The van der Waals surface area contributed by atoms with E-state index in [9.17, 15) is 8.42 Å². The Hall–Kier alpha value is -0.200. The molecule has 1 atom stereocenters. The lowest BCUT2D eigenvalue weighted by atomic mass is 10.1. The Bertz CT molecular complexity index is 427. The van der Waals surface area contributed by atoms with Gasteiger partial charge in [-0.1, -0.05) is 6.92 Å². The first-order valence-corrected chi connectivity index (χ1v) is 7.24. The highest BCUT2D eigenvalue weighted by Crippen LogP contribution is 2.32. The fourth-order valence-corrected chi connectivity index (χ4v) is 3.90. The van der Waals surface area contributed by atoms with Crippen LogP contribution in [0.25, 0.3) is 0 Å². The van der Waals surface area contributed by atoms with Crippen LogP contribution in [-0.2, 0) is 9.84 Å². The molecule has 1 saturated heterocycles. The summed E-state index contributed by atoms with van der Waals surface area (Å²) in [6, 6.07) is 0. The first kappa shape index (κ1) is 11.3. The Balaban J connectivity index is 2.16. The van der Waals surface area contributed by atoms with Crippen LogP contribution in [0.1, 0.15) is 13.3 Å². The second kappa shape index (κ2) is 3.99. The molecule has 2 aliphatic rings. The summed E-state index contributed by atoms with van der Waals surface area (Å²) in [5, 5.41) is 0. The fourth-order valence-electron chi connectivity index (χ4n) is 2.03. The molecule has 1 fully saturated rings. The van der Waals surface area contributed by atoms with E-state index >= 15 is 0 Å². The third-order valence-corrected chi connectivity index (χ3v) is 6.04. The van der Waals surface area contributed by atoms with E-state index in [4.69, 9.17) is 0 Å². The molecule has 6 heteroatoms. The molecule has 2 heterocycles. The Morgan fingerprint density at radius 2 is 2.40 bits per heavy atom. The summed E-state index contributed by atoms with van der Waals surface area (Å²) < 4.78 is 23.7. The van der Waals surface area contributed by atoms with Gasteiger partial charge < -0.3 is 4.90 Å². The van der Waals surface area contributed by atoms with Crippen molar-refractivity contribution in [3.63, 3.8) is 0 Å². The number of sulfone groups is 1. The van der Waals surface area contributed by atoms with Gasteiger partial charge in [-0.25, -0.2) is 13.4 Å². The van der Waals surface area contributed by atoms with Gasteiger partial charge in [-0.3, -0.25) is 0 Å². The molecule has 0 N–H and O–H groups in total. The largest absolute Gasteiger partial charge is 0.303 e. The molecule has 1 unspecified atom stereocenters. The highest BCUT2D eigenvalue weighted by Gasteiger charge is 2.36. The van der Waals surface area contributed by atoms with Crippen molar-refractivity contribution in [1.82, 2.24) is 4.90 Å². The summed E-state index contributed by atoms with van der Waals surface area (Å²) in [6.45, 7) is 4.88. The topological polar surface area (TPSA) is 49.7 Å². The molecule has 84 valence electrons. The summed E-state index contributed by atoms with van der Waals surface area (Å²) in [5.41, 5.74) is 0. The van der Waals surface area contributed by atoms with Crippen molar-refractivity contribution >= 4 is 29.7 Å². The molecule has 2 aliphatic heterocycles. The van der Waals surface area contributed by atoms with E-state index in [2.05, 4.69) is 32.7 Å². The smallest absolute Gasteiger partial charge is 0.228 e. The van der Waals surface area contributed by atoms with Crippen molar-refractivity contribution in [1.29, 1.82) is 0 Å². The van der Waals surface area contributed by atoms with Crippen LogP contribution in [0.4, 0.5) is 0 Å². The second-order valence-corrected chi connectivity index (χ2v) is 6.94. The van der Waals surface area contributed by atoms with Gasteiger partial charge >= 0.3 is 0 Å². The van der Waals surface area contributed by atoms with E-state index < -0.39 is 9.84 Å². The lowest BCUT2D eigenvalue weighted by Gasteiger charge is -2.13. The fraction of sp³-hybridized carbons (Fsp3) is 0.667. The molecule has 0 aliphatic carbocycles. The number of rotatable bonds is 2. The zero-order valence-electron chi connectivity index (χ0n) is 8.48. The van der Waals surface area contributed by atoms with Gasteiger partial charge in [-0.2, -0.15) is 0 Å². The summed E-state index contributed by atoms with van der Waals surface area (Å²) >= 11 is 2.98. The minimum absolute atomic E-state index is 0.0555. The molecule has 0 aromatic heterocycles. The van der Waals surface area contributed by atoms with Crippen LogP contribution in [0.15, 0.2) is 16.1 Å². The summed E-state index contributed by atoms with van der Waals surface area (Å²) in [7, 11) is -3.28. The average Bonchev–Trinajstić information content (AvgIpc) is 2.74. The quantitative estimate of drug-likeness (QED) is 0.772. The molecule has 4 nitrogen and oxygen atoms in total. The Morgan fingerprint density at radius 3 is 2.87 bits per heavy atom. The van der Waals surface area contributed by atoms with Crippen LogP contribution in [0.2, 0.25) is 0 Å². The van der Waals surface area contributed by atoms with Gasteiger partial charge in [0.1, 0.15) is 0 Å². The van der Waals surface area contributed by atoms with Crippen LogP contribution < -0.4 is 0 Å². The van der Waals surface area contributed by atoms with Crippen molar-refractivity contribution < 1.29 is 8.42 Å². The SMILES string of the molecule is CCN1CCC(C2=CN=C(Br)S2(=O)=O)C1. The molecule has 0 amide bonds. The third kappa shape index (κ3) is 1.90. The van der Waals surface area contributed by atoms with E-state index in [1.165, 1.54) is 6.20 Å². The number of halogens is 1. The molecule has 15 heavy (non-hydrogen) atoms. The highest BCUT2D eigenvalue weighted by molar-refractivity contribution is 9.21. The average molecular weight is 293 g/mol. The van der Waals surface area contributed by atoms with Crippen LogP contribution in [0, 0.1) is 5.92 Å². The van der Waals surface area contributed by atoms with E-state index in [0.717, 1.165) is 26.1 Å². The molecule has 0 aromatic carbocycles. The normalized spacial score (nSPS) is 30.4. The van der Waals surface area contributed by atoms with E-state index in [1.54, 1.807) is 0 Å². The van der Waals surface area contributed by atoms with Gasteiger partial charge in [-0.05, 0) is 35.4 Å². The molecular weight excluding hydrogens is 280 g/mol. The molecule has 0 radical (unpaired) electrons. The maximum absolute atomic E-state index is 11.8. The predicted octanol–water partition coefficient (Wildman–Crippen LogP) is 1.35. The molecule has 0 saturated carbocycles.